The predicted molar refractivity (Wildman–Crippen MR) is 75.9 cm³/mol. The van der Waals surface area contributed by atoms with Crippen LogP contribution in [-0.4, -0.2) is 47.9 Å². The van der Waals surface area contributed by atoms with E-state index in [-0.39, 0.29) is 11.8 Å². The van der Waals surface area contributed by atoms with Gasteiger partial charge in [0.2, 0.25) is 5.91 Å². The first-order chi connectivity index (χ1) is 9.65. The van der Waals surface area contributed by atoms with E-state index in [4.69, 9.17) is 5.73 Å². The van der Waals surface area contributed by atoms with Crippen LogP contribution in [0.3, 0.4) is 0 Å². The summed E-state index contributed by atoms with van der Waals surface area (Å²) in [5.41, 5.74) is 5.34. The van der Waals surface area contributed by atoms with Gasteiger partial charge in [-0.15, -0.1) is 0 Å². The first-order valence-corrected chi connectivity index (χ1v) is 7.98. The zero-order valence-electron chi connectivity index (χ0n) is 12.1. The topological polar surface area (TPSA) is 66.6 Å². The molecule has 20 heavy (non-hydrogen) atoms. The summed E-state index contributed by atoms with van der Waals surface area (Å²) in [4.78, 5) is 27.6. The highest BCUT2D eigenvalue weighted by molar-refractivity contribution is 5.81. The number of amides is 3. The van der Waals surface area contributed by atoms with Gasteiger partial charge in [-0.2, -0.15) is 0 Å². The molecule has 112 valence electrons. The number of carbonyl (C=O) groups is 2. The van der Waals surface area contributed by atoms with Crippen LogP contribution in [0.25, 0.3) is 0 Å². The summed E-state index contributed by atoms with van der Waals surface area (Å²) in [6.07, 6.45) is 7.00. The molecule has 0 spiro atoms. The van der Waals surface area contributed by atoms with Crippen LogP contribution in [0, 0.1) is 17.8 Å². The van der Waals surface area contributed by atoms with E-state index in [1.807, 2.05) is 0 Å². The number of hydrogen-bond donors (Lipinski definition) is 1. The Labute approximate surface area is 120 Å². The highest BCUT2D eigenvalue weighted by atomic mass is 16.2. The summed E-state index contributed by atoms with van der Waals surface area (Å²) in [6.45, 7) is 3.09. The molecule has 3 fully saturated rings. The van der Waals surface area contributed by atoms with Gasteiger partial charge in [-0.05, 0) is 37.5 Å². The average Bonchev–Trinajstić information content (AvgIpc) is 2.90. The van der Waals surface area contributed by atoms with Crippen LogP contribution < -0.4 is 5.73 Å². The molecule has 3 rings (SSSR count). The molecule has 0 radical (unpaired) electrons. The van der Waals surface area contributed by atoms with E-state index in [1.165, 1.54) is 25.7 Å². The fraction of sp³-hybridized carbons (Fsp3) is 0.867. The molecule has 2 N–H and O–H groups in total. The number of nitrogens with two attached hydrogens (primary N) is 1. The van der Waals surface area contributed by atoms with Crippen LogP contribution in [0.1, 0.15) is 38.5 Å². The van der Waals surface area contributed by atoms with Gasteiger partial charge in [0.15, 0.2) is 0 Å². The fourth-order valence-electron chi connectivity index (χ4n) is 4.22. The van der Waals surface area contributed by atoms with Crippen LogP contribution >= 0.6 is 0 Å². The Balaban J connectivity index is 1.60. The van der Waals surface area contributed by atoms with Gasteiger partial charge in [-0.3, -0.25) is 4.79 Å². The Morgan fingerprint density at radius 1 is 0.850 bits per heavy atom. The first-order valence-electron chi connectivity index (χ1n) is 7.98. The lowest BCUT2D eigenvalue weighted by molar-refractivity contribution is -0.136. The molecule has 2 saturated heterocycles. The van der Waals surface area contributed by atoms with Gasteiger partial charge in [0.1, 0.15) is 0 Å². The number of piperidine rings is 1. The molecule has 3 aliphatic rings. The van der Waals surface area contributed by atoms with Crippen LogP contribution in [-0.2, 0) is 4.79 Å². The number of likely N-dealkylation sites (tertiary alicyclic amines) is 2. The van der Waals surface area contributed by atoms with Crippen molar-refractivity contribution in [3.8, 4) is 0 Å². The molecule has 2 aliphatic heterocycles. The quantitative estimate of drug-likeness (QED) is 0.789. The summed E-state index contributed by atoms with van der Waals surface area (Å²) >= 11 is 0. The maximum absolute atomic E-state index is 12.7. The van der Waals surface area contributed by atoms with Gasteiger partial charge in [-0.1, -0.05) is 12.8 Å². The lowest BCUT2D eigenvalue weighted by atomic mass is 9.82. The molecule has 3 amide bonds. The average molecular weight is 279 g/mol. The van der Waals surface area contributed by atoms with Crippen LogP contribution in [0.4, 0.5) is 4.79 Å². The second-order valence-electron chi connectivity index (χ2n) is 6.67. The number of hydrogen-bond acceptors (Lipinski definition) is 2. The molecule has 2 heterocycles. The molecule has 0 aromatic carbocycles. The molecule has 0 bridgehead atoms. The van der Waals surface area contributed by atoms with Crippen molar-refractivity contribution in [3.05, 3.63) is 0 Å². The first kappa shape index (κ1) is 13.7. The third-order valence-corrected chi connectivity index (χ3v) is 5.37. The Morgan fingerprint density at radius 3 is 2.10 bits per heavy atom. The van der Waals surface area contributed by atoms with Gasteiger partial charge in [-0.25, -0.2) is 4.79 Å². The van der Waals surface area contributed by atoms with Crippen LogP contribution in [0.15, 0.2) is 0 Å². The zero-order valence-corrected chi connectivity index (χ0v) is 12.1. The third kappa shape index (κ3) is 2.63. The summed E-state index contributed by atoms with van der Waals surface area (Å²) in [5, 5.41) is 0. The van der Waals surface area contributed by atoms with Gasteiger partial charge < -0.3 is 15.5 Å². The fourth-order valence-corrected chi connectivity index (χ4v) is 4.22. The Kier molecular flexibility index (Phi) is 3.85. The zero-order chi connectivity index (χ0) is 14.1. The highest BCUT2D eigenvalue weighted by Gasteiger charge is 2.39. The maximum atomic E-state index is 12.7. The van der Waals surface area contributed by atoms with E-state index < -0.39 is 6.03 Å². The predicted octanol–water partition coefficient (Wildman–Crippen LogP) is 1.43. The van der Waals surface area contributed by atoms with E-state index in [2.05, 4.69) is 4.90 Å². The van der Waals surface area contributed by atoms with Gasteiger partial charge in [0.05, 0.1) is 5.92 Å². The van der Waals surface area contributed by atoms with E-state index in [1.54, 1.807) is 4.90 Å². The molecule has 1 saturated carbocycles. The second-order valence-corrected chi connectivity index (χ2v) is 6.67. The summed E-state index contributed by atoms with van der Waals surface area (Å²) < 4.78 is 0. The number of fused-ring (bicyclic) bond motifs is 1. The molecule has 0 aromatic rings. The molecule has 5 heteroatoms. The SMILES string of the molecule is NC(=O)N1CCC[C@H](C(=O)N2C[C@H]3CCCC[C@@H]3C2)C1. The lowest BCUT2D eigenvalue weighted by Gasteiger charge is -2.33. The van der Waals surface area contributed by atoms with Crippen molar-refractivity contribution in [2.24, 2.45) is 23.5 Å². The van der Waals surface area contributed by atoms with E-state index in [0.29, 0.717) is 13.1 Å². The van der Waals surface area contributed by atoms with Gasteiger partial charge >= 0.3 is 6.03 Å². The van der Waals surface area contributed by atoms with Crippen molar-refractivity contribution in [2.45, 2.75) is 38.5 Å². The van der Waals surface area contributed by atoms with Crippen molar-refractivity contribution in [3.63, 3.8) is 0 Å². The smallest absolute Gasteiger partial charge is 0.314 e. The Hall–Kier alpha value is -1.26. The van der Waals surface area contributed by atoms with Crippen molar-refractivity contribution in [1.82, 2.24) is 9.80 Å². The standard InChI is InChI=1S/C15H25N3O2/c16-15(20)17-7-3-6-13(10-17)14(19)18-8-11-4-1-2-5-12(11)9-18/h11-13H,1-10H2,(H2,16,20)/t11-,12-,13+/m1/s1. The molecule has 1 aliphatic carbocycles. The number of rotatable bonds is 1. The molecular formula is C15H25N3O2. The molecule has 0 unspecified atom stereocenters. The van der Waals surface area contributed by atoms with Crippen molar-refractivity contribution in [2.75, 3.05) is 26.2 Å². The Morgan fingerprint density at radius 2 is 1.50 bits per heavy atom. The maximum Gasteiger partial charge on any atom is 0.314 e. The van der Waals surface area contributed by atoms with Crippen molar-refractivity contribution < 1.29 is 9.59 Å². The normalized spacial score (nSPS) is 33.9. The highest BCUT2D eigenvalue weighted by Crippen LogP contribution is 2.37. The van der Waals surface area contributed by atoms with Gasteiger partial charge in [0, 0.05) is 26.2 Å². The summed E-state index contributed by atoms with van der Waals surface area (Å²) in [5.74, 6) is 1.67. The van der Waals surface area contributed by atoms with Gasteiger partial charge in [0.25, 0.3) is 0 Å². The minimum Gasteiger partial charge on any atom is -0.351 e. The number of primary amides is 1. The molecule has 0 aromatic heterocycles. The minimum atomic E-state index is -0.391. The van der Waals surface area contributed by atoms with E-state index >= 15 is 0 Å². The lowest BCUT2D eigenvalue weighted by Crippen LogP contribution is -2.48. The van der Waals surface area contributed by atoms with Crippen molar-refractivity contribution in [1.29, 1.82) is 0 Å². The number of nitrogens with zero attached hydrogens (tertiary/aromatic N) is 2. The monoisotopic (exact) mass is 279 g/mol. The number of carbonyl (C=O) groups excluding carboxylic acids is 2. The molecule has 5 nitrogen and oxygen atoms in total. The summed E-state index contributed by atoms with van der Waals surface area (Å²) in [6, 6.07) is -0.391. The molecule has 3 atom stereocenters. The summed E-state index contributed by atoms with van der Waals surface area (Å²) in [7, 11) is 0. The minimum absolute atomic E-state index is 0.0311. The second kappa shape index (κ2) is 5.62. The van der Waals surface area contributed by atoms with Crippen LogP contribution in [0.2, 0.25) is 0 Å². The van der Waals surface area contributed by atoms with E-state index in [0.717, 1.165) is 37.8 Å². The largest absolute Gasteiger partial charge is 0.351 e. The van der Waals surface area contributed by atoms with Crippen LogP contribution in [0.5, 0.6) is 0 Å². The third-order valence-electron chi connectivity index (χ3n) is 5.37. The molecular weight excluding hydrogens is 254 g/mol. The van der Waals surface area contributed by atoms with E-state index in [9.17, 15) is 9.59 Å². The Bertz CT molecular complexity index is 385. The van der Waals surface area contributed by atoms with Crippen molar-refractivity contribution >= 4 is 11.9 Å². The number of urea groups is 1.